The quantitative estimate of drug-likeness (QED) is 0.781. The average Bonchev–Trinajstić information content (AvgIpc) is 3.01. The molecule has 0 atom stereocenters. The highest BCUT2D eigenvalue weighted by atomic mass is 16.5. The molecule has 0 radical (unpaired) electrons. The van der Waals surface area contributed by atoms with Crippen molar-refractivity contribution in [1.82, 2.24) is 4.98 Å². The number of hydrogen-bond donors (Lipinski definition) is 2. The molecule has 0 aliphatic heterocycles. The zero-order valence-corrected chi connectivity index (χ0v) is 8.36. The summed E-state index contributed by atoms with van der Waals surface area (Å²) in [4.78, 5) is 14.9. The minimum atomic E-state index is -1.01. The van der Waals surface area contributed by atoms with Crippen molar-refractivity contribution in [3.8, 4) is 5.75 Å². The first-order valence-corrected chi connectivity index (χ1v) is 4.78. The minimum absolute atomic E-state index is 0.135. The zero-order valence-electron chi connectivity index (χ0n) is 8.36. The van der Waals surface area contributed by atoms with E-state index < -0.39 is 5.97 Å². The summed E-state index contributed by atoms with van der Waals surface area (Å²) < 4.78 is 5.46. The van der Waals surface area contributed by atoms with Gasteiger partial charge in [0.05, 0.1) is 12.3 Å². The predicted molar refractivity (Wildman–Crippen MR) is 54.4 cm³/mol. The van der Waals surface area contributed by atoms with Gasteiger partial charge in [-0.3, -0.25) is 0 Å². The van der Waals surface area contributed by atoms with E-state index in [1.54, 1.807) is 7.05 Å². The van der Waals surface area contributed by atoms with Crippen LogP contribution in [0.25, 0.3) is 0 Å². The van der Waals surface area contributed by atoms with Crippen LogP contribution < -0.4 is 10.1 Å². The Balaban J connectivity index is 2.26. The van der Waals surface area contributed by atoms with Crippen molar-refractivity contribution >= 4 is 11.8 Å². The third-order valence-corrected chi connectivity index (χ3v) is 2.16. The van der Waals surface area contributed by atoms with E-state index in [0.717, 1.165) is 12.8 Å². The van der Waals surface area contributed by atoms with E-state index in [9.17, 15) is 4.79 Å². The molecule has 1 aliphatic rings. The van der Waals surface area contributed by atoms with Crippen molar-refractivity contribution in [2.75, 3.05) is 12.4 Å². The standard InChI is InChI=1S/C10H12N2O3/c1-11-9-8(10(13)14)4-7(5-12-9)15-6-2-3-6/h4-6H,2-3H2,1H3,(H,11,12)(H,13,14). The number of rotatable bonds is 4. The second kappa shape index (κ2) is 3.76. The minimum Gasteiger partial charge on any atom is -0.489 e. The fraction of sp³-hybridized carbons (Fsp3) is 0.400. The first kappa shape index (κ1) is 9.76. The van der Waals surface area contributed by atoms with E-state index in [0.29, 0.717) is 11.6 Å². The SMILES string of the molecule is CNc1ncc(OC2CC2)cc1C(=O)O. The van der Waals surface area contributed by atoms with Gasteiger partial charge in [-0.2, -0.15) is 0 Å². The van der Waals surface area contributed by atoms with Crippen molar-refractivity contribution in [3.05, 3.63) is 17.8 Å². The lowest BCUT2D eigenvalue weighted by molar-refractivity contribution is 0.0697. The number of carbonyl (C=O) groups is 1. The third-order valence-electron chi connectivity index (χ3n) is 2.16. The molecule has 0 spiro atoms. The van der Waals surface area contributed by atoms with Crippen LogP contribution in [-0.4, -0.2) is 29.2 Å². The molecule has 1 aromatic heterocycles. The molecule has 80 valence electrons. The van der Waals surface area contributed by atoms with Crippen molar-refractivity contribution in [3.63, 3.8) is 0 Å². The van der Waals surface area contributed by atoms with Gasteiger partial charge in [-0.25, -0.2) is 9.78 Å². The molecule has 0 amide bonds. The number of nitrogens with zero attached hydrogens (tertiary/aromatic N) is 1. The van der Waals surface area contributed by atoms with Crippen LogP contribution in [0, 0.1) is 0 Å². The second-order valence-electron chi connectivity index (χ2n) is 3.44. The molecule has 1 heterocycles. The summed E-state index contributed by atoms with van der Waals surface area (Å²) in [6.45, 7) is 0. The van der Waals surface area contributed by atoms with Crippen molar-refractivity contribution in [1.29, 1.82) is 0 Å². The maximum Gasteiger partial charge on any atom is 0.339 e. The number of nitrogens with one attached hydrogen (secondary N) is 1. The fourth-order valence-electron chi connectivity index (χ4n) is 1.25. The highest BCUT2D eigenvalue weighted by molar-refractivity contribution is 5.93. The number of pyridine rings is 1. The summed E-state index contributed by atoms with van der Waals surface area (Å²) in [5.41, 5.74) is 0.135. The lowest BCUT2D eigenvalue weighted by atomic mass is 10.2. The van der Waals surface area contributed by atoms with Gasteiger partial charge in [-0.15, -0.1) is 0 Å². The number of carboxylic acids is 1. The molecule has 15 heavy (non-hydrogen) atoms. The van der Waals surface area contributed by atoms with Gasteiger partial charge >= 0.3 is 5.97 Å². The van der Waals surface area contributed by atoms with Crippen LogP contribution in [0.3, 0.4) is 0 Å². The molecule has 0 aromatic carbocycles. The van der Waals surface area contributed by atoms with Crippen LogP contribution >= 0.6 is 0 Å². The first-order chi connectivity index (χ1) is 7.20. The molecule has 1 saturated carbocycles. The summed E-state index contributed by atoms with van der Waals surface area (Å²) in [6.07, 6.45) is 3.86. The monoisotopic (exact) mass is 208 g/mol. The predicted octanol–water partition coefficient (Wildman–Crippen LogP) is 1.36. The molecule has 1 aliphatic carbocycles. The van der Waals surface area contributed by atoms with E-state index in [1.807, 2.05) is 0 Å². The largest absolute Gasteiger partial charge is 0.489 e. The lowest BCUT2D eigenvalue weighted by Gasteiger charge is -2.08. The summed E-state index contributed by atoms with van der Waals surface area (Å²) >= 11 is 0. The van der Waals surface area contributed by atoms with Gasteiger partial charge in [0, 0.05) is 7.05 Å². The van der Waals surface area contributed by atoms with Gasteiger partial charge in [0.1, 0.15) is 17.1 Å². The van der Waals surface area contributed by atoms with Crippen LogP contribution in [0.1, 0.15) is 23.2 Å². The third kappa shape index (κ3) is 2.18. The van der Waals surface area contributed by atoms with Gasteiger partial charge in [0.2, 0.25) is 0 Å². The second-order valence-corrected chi connectivity index (χ2v) is 3.44. The average molecular weight is 208 g/mol. The summed E-state index contributed by atoms with van der Waals surface area (Å²) in [5, 5.41) is 11.7. The van der Waals surface area contributed by atoms with Gasteiger partial charge < -0.3 is 15.2 Å². The maximum atomic E-state index is 10.9. The van der Waals surface area contributed by atoms with E-state index >= 15 is 0 Å². The van der Waals surface area contributed by atoms with Crippen molar-refractivity contribution < 1.29 is 14.6 Å². The van der Waals surface area contributed by atoms with E-state index in [1.165, 1.54) is 12.3 Å². The Morgan fingerprint density at radius 3 is 2.93 bits per heavy atom. The van der Waals surface area contributed by atoms with Gasteiger partial charge in [0.15, 0.2) is 0 Å². The highest BCUT2D eigenvalue weighted by Gasteiger charge is 2.24. The summed E-state index contributed by atoms with van der Waals surface area (Å²) in [5.74, 6) is -0.132. The first-order valence-electron chi connectivity index (χ1n) is 4.78. The number of carboxylic acid groups (broad SMARTS) is 1. The van der Waals surface area contributed by atoms with Gasteiger partial charge in [-0.05, 0) is 18.9 Å². The fourth-order valence-corrected chi connectivity index (χ4v) is 1.25. The number of hydrogen-bond acceptors (Lipinski definition) is 4. The van der Waals surface area contributed by atoms with E-state index in [4.69, 9.17) is 9.84 Å². The Morgan fingerprint density at radius 1 is 1.67 bits per heavy atom. The molecule has 0 bridgehead atoms. The molecule has 5 heteroatoms. The molecule has 5 nitrogen and oxygen atoms in total. The molecular weight excluding hydrogens is 196 g/mol. The lowest BCUT2D eigenvalue weighted by Crippen LogP contribution is -2.06. The summed E-state index contributed by atoms with van der Waals surface area (Å²) in [7, 11) is 1.64. The van der Waals surface area contributed by atoms with Crippen LogP contribution in [0.4, 0.5) is 5.82 Å². The Morgan fingerprint density at radius 2 is 2.40 bits per heavy atom. The number of aromatic nitrogens is 1. The van der Waals surface area contributed by atoms with Crippen LogP contribution in [0.2, 0.25) is 0 Å². The maximum absolute atomic E-state index is 10.9. The normalized spacial score (nSPS) is 14.7. The van der Waals surface area contributed by atoms with Crippen molar-refractivity contribution in [2.45, 2.75) is 18.9 Å². The Kier molecular flexibility index (Phi) is 2.45. The number of ether oxygens (including phenoxy) is 1. The highest BCUT2D eigenvalue weighted by Crippen LogP contribution is 2.28. The molecule has 1 fully saturated rings. The van der Waals surface area contributed by atoms with Crippen LogP contribution in [-0.2, 0) is 0 Å². The van der Waals surface area contributed by atoms with Gasteiger partial charge in [-0.1, -0.05) is 0 Å². The Bertz CT molecular complexity index is 388. The van der Waals surface area contributed by atoms with E-state index in [-0.39, 0.29) is 11.7 Å². The summed E-state index contributed by atoms with van der Waals surface area (Å²) in [6, 6.07) is 1.50. The van der Waals surface area contributed by atoms with Crippen LogP contribution in [0.5, 0.6) is 5.75 Å². The molecule has 2 N–H and O–H groups in total. The van der Waals surface area contributed by atoms with Crippen molar-refractivity contribution in [2.24, 2.45) is 0 Å². The topological polar surface area (TPSA) is 71.5 Å². The molecule has 2 rings (SSSR count). The molecule has 0 saturated heterocycles. The number of anilines is 1. The zero-order chi connectivity index (χ0) is 10.8. The Labute approximate surface area is 87.1 Å². The Hall–Kier alpha value is -1.78. The molecular formula is C10H12N2O3. The number of aromatic carboxylic acids is 1. The molecule has 1 aromatic rings. The smallest absolute Gasteiger partial charge is 0.339 e. The molecule has 0 unspecified atom stereocenters. The van der Waals surface area contributed by atoms with E-state index in [2.05, 4.69) is 10.3 Å². The van der Waals surface area contributed by atoms with Crippen LogP contribution in [0.15, 0.2) is 12.3 Å². The van der Waals surface area contributed by atoms with Gasteiger partial charge in [0.25, 0.3) is 0 Å².